The van der Waals surface area contributed by atoms with E-state index in [2.05, 4.69) is 33.8 Å². The summed E-state index contributed by atoms with van der Waals surface area (Å²) in [7, 11) is 0. The minimum atomic E-state index is -0.611. The molecule has 1 aliphatic carbocycles. The predicted molar refractivity (Wildman–Crippen MR) is 127 cm³/mol. The molecule has 0 saturated carbocycles. The van der Waals surface area contributed by atoms with Crippen molar-refractivity contribution in [2.24, 2.45) is 0 Å². The second kappa shape index (κ2) is 7.56. The predicted octanol–water partition coefficient (Wildman–Crippen LogP) is 3.55. The van der Waals surface area contributed by atoms with E-state index in [4.69, 9.17) is 10.5 Å². The molecule has 0 saturated heterocycles. The molecule has 3 aliphatic rings. The van der Waals surface area contributed by atoms with Crippen LogP contribution < -0.4 is 16.4 Å². The summed E-state index contributed by atoms with van der Waals surface area (Å²) in [5.41, 5.74) is 13.2. The summed E-state index contributed by atoms with van der Waals surface area (Å²) in [5.74, 6) is -0.289. The molecular formula is C26H24N4O3. The Labute approximate surface area is 190 Å². The quantitative estimate of drug-likeness (QED) is 0.306. The Morgan fingerprint density at radius 1 is 1.18 bits per heavy atom. The van der Waals surface area contributed by atoms with Gasteiger partial charge in [-0.2, -0.15) is 0 Å². The normalized spacial score (nSPS) is 20.8. The Morgan fingerprint density at radius 2 is 2.09 bits per heavy atom. The molecule has 0 spiro atoms. The maximum atomic E-state index is 12.5. The van der Waals surface area contributed by atoms with Crippen molar-refractivity contribution in [3.8, 4) is 5.75 Å². The number of hydrogen-bond acceptors (Lipinski definition) is 6. The van der Waals surface area contributed by atoms with Gasteiger partial charge in [0.1, 0.15) is 5.75 Å². The van der Waals surface area contributed by atoms with Gasteiger partial charge in [0.15, 0.2) is 6.10 Å². The van der Waals surface area contributed by atoms with Gasteiger partial charge >= 0.3 is 5.97 Å². The van der Waals surface area contributed by atoms with Crippen molar-refractivity contribution >= 4 is 22.6 Å². The van der Waals surface area contributed by atoms with E-state index in [1.54, 1.807) is 12.1 Å². The monoisotopic (exact) mass is 440 g/mol. The zero-order valence-corrected chi connectivity index (χ0v) is 17.9. The first-order valence-corrected chi connectivity index (χ1v) is 11.0. The summed E-state index contributed by atoms with van der Waals surface area (Å²) in [6.07, 6.45) is 8.81. The van der Waals surface area contributed by atoms with Gasteiger partial charge in [-0.1, -0.05) is 29.9 Å². The SMILES string of the molecule is Nc1cccc2c(C3OC(=O)c4ccc(O)cc43)c(CNCC3=CC=C4C=CNC4C3)[nH]c12. The highest BCUT2D eigenvalue weighted by Crippen LogP contribution is 2.42. The lowest BCUT2D eigenvalue weighted by molar-refractivity contribution is 0.0456. The number of phenolic OH excluding ortho intramolecular Hbond substituents is 1. The van der Waals surface area contributed by atoms with Crippen LogP contribution >= 0.6 is 0 Å². The fraction of sp³-hybridized carbons (Fsp3) is 0.192. The molecule has 2 aliphatic heterocycles. The summed E-state index contributed by atoms with van der Waals surface area (Å²) in [6, 6.07) is 10.8. The smallest absolute Gasteiger partial charge is 0.339 e. The molecule has 0 bridgehead atoms. The molecule has 0 fully saturated rings. The summed E-state index contributed by atoms with van der Waals surface area (Å²) in [4.78, 5) is 16.0. The largest absolute Gasteiger partial charge is 0.508 e. The maximum absolute atomic E-state index is 12.5. The minimum Gasteiger partial charge on any atom is -0.508 e. The lowest BCUT2D eigenvalue weighted by atomic mass is 9.94. The van der Waals surface area contributed by atoms with Crippen molar-refractivity contribution in [1.82, 2.24) is 15.6 Å². The highest BCUT2D eigenvalue weighted by molar-refractivity contribution is 5.98. The fourth-order valence-corrected chi connectivity index (χ4v) is 5.00. The van der Waals surface area contributed by atoms with Crippen LogP contribution in [0.3, 0.4) is 0 Å². The number of nitrogens with two attached hydrogens (primary N) is 1. The Kier molecular flexibility index (Phi) is 4.52. The van der Waals surface area contributed by atoms with Crippen LogP contribution in [0.15, 0.2) is 72.0 Å². The van der Waals surface area contributed by atoms with Crippen LogP contribution in [0.4, 0.5) is 5.69 Å². The van der Waals surface area contributed by atoms with E-state index < -0.39 is 6.10 Å². The zero-order valence-electron chi connectivity index (χ0n) is 17.9. The molecule has 166 valence electrons. The Hall–Kier alpha value is -3.97. The lowest BCUT2D eigenvalue weighted by Gasteiger charge is -2.20. The van der Waals surface area contributed by atoms with Crippen LogP contribution in [0.2, 0.25) is 0 Å². The highest BCUT2D eigenvalue weighted by Gasteiger charge is 2.36. The van der Waals surface area contributed by atoms with E-state index >= 15 is 0 Å². The summed E-state index contributed by atoms with van der Waals surface area (Å²) >= 11 is 0. The average molecular weight is 441 g/mol. The number of ether oxygens (including phenoxy) is 1. The van der Waals surface area contributed by atoms with Gasteiger partial charge in [-0.25, -0.2) is 4.79 Å². The van der Waals surface area contributed by atoms with Crippen LogP contribution in [0.5, 0.6) is 5.75 Å². The standard InChI is InChI=1S/C26H24N4O3/c27-20-3-1-2-18-23(25-19-11-16(31)6-7-17(19)26(32)33-25)22(30-24(18)20)13-28-12-14-4-5-15-8-9-29-21(15)10-14/h1-9,11,21,25,28-31H,10,12-13,27H2. The summed E-state index contributed by atoms with van der Waals surface area (Å²) in [5, 5.41) is 17.9. The third-order valence-corrected chi connectivity index (χ3v) is 6.62. The van der Waals surface area contributed by atoms with E-state index in [-0.39, 0.29) is 11.7 Å². The number of carbonyl (C=O) groups excluding carboxylic acids is 1. The number of para-hydroxylation sites is 1. The van der Waals surface area contributed by atoms with E-state index in [9.17, 15) is 9.90 Å². The zero-order chi connectivity index (χ0) is 22.5. The number of rotatable bonds is 5. The number of cyclic esters (lactones) is 1. The Bertz CT molecular complexity index is 1380. The first kappa shape index (κ1) is 19.7. The summed E-state index contributed by atoms with van der Waals surface area (Å²) < 4.78 is 5.79. The van der Waals surface area contributed by atoms with Crippen molar-refractivity contribution in [2.75, 3.05) is 12.3 Å². The maximum Gasteiger partial charge on any atom is 0.339 e. The topological polar surface area (TPSA) is 112 Å². The number of H-pyrrole nitrogens is 1. The number of carbonyl (C=O) groups is 1. The van der Waals surface area contributed by atoms with E-state index in [1.807, 2.05) is 24.4 Å². The molecule has 2 atom stereocenters. The second-order valence-electron chi connectivity index (χ2n) is 8.70. The molecule has 3 heterocycles. The van der Waals surface area contributed by atoms with E-state index in [0.29, 0.717) is 29.4 Å². The molecule has 3 aromatic rings. The number of nitrogens with one attached hydrogen (secondary N) is 3. The van der Waals surface area contributed by atoms with E-state index in [1.165, 1.54) is 17.2 Å². The van der Waals surface area contributed by atoms with Gasteiger partial charge in [0.05, 0.1) is 22.8 Å². The van der Waals surface area contributed by atoms with Gasteiger partial charge in [0, 0.05) is 35.3 Å². The van der Waals surface area contributed by atoms with Crippen LogP contribution in [-0.2, 0) is 11.3 Å². The number of hydrogen-bond donors (Lipinski definition) is 5. The first-order chi connectivity index (χ1) is 16.1. The number of nitrogen functional groups attached to an aromatic ring is 1. The molecule has 2 unspecified atom stereocenters. The molecule has 2 aromatic carbocycles. The lowest BCUT2D eigenvalue weighted by Crippen LogP contribution is -2.27. The highest BCUT2D eigenvalue weighted by atomic mass is 16.5. The van der Waals surface area contributed by atoms with Gasteiger partial charge in [-0.15, -0.1) is 0 Å². The van der Waals surface area contributed by atoms with Crippen molar-refractivity contribution < 1.29 is 14.6 Å². The van der Waals surface area contributed by atoms with Crippen molar-refractivity contribution in [3.63, 3.8) is 0 Å². The minimum absolute atomic E-state index is 0.0998. The van der Waals surface area contributed by atoms with Gasteiger partial charge in [0.2, 0.25) is 0 Å². The molecule has 33 heavy (non-hydrogen) atoms. The van der Waals surface area contributed by atoms with Gasteiger partial charge in [-0.3, -0.25) is 0 Å². The number of fused-ring (bicyclic) bond motifs is 3. The number of aromatic nitrogens is 1. The number of aromatic hydroxyl groups is 1. The van der Waals surface area contributed by atoms with Gasteiger partial charge in [0.25, 0.3) is 0 Å². The van der Waals surface area contributed by atoms with Crippen LogP contribution in [0.1, 0.15) is 39.7 Å². The van der Waals surface area contributed by atoms with Crippen molar-refractivity contribution in [1.29, 1.82) is 0 Å². The van der Waals surface area contributed by atoms with E-state index in [0.717, 1.165) is 35.1 Å². The fourth-order valence-electron chi connectivity index (χ4n) is 5.00. The molecule has 0 radical (unpaired) electrons. The number of allylic oxidation sites excluding steroid dienone is 2. The number of benzene rings is 2. The number of esters is 1. The Morgan fingerprint density at radius 3 is 3.00 bits per heavy atom. The van der Waals surface area contributed by atoms with Crippen molar-refractivity contribution in [3.05, 3.63) is 94.4 Å². The third kappa shape index (κ3) is 3.29. The third-order valence-electron chi connectivity index (χ3n) is 6.62. The first-order valence-electron chi connectivity index (χ1n) is 11.0. The molecule has 7 heteroatoms. The average Bonchev–Trinajstić information content (AvgIpc) is 3.49. The molecule has 7 nitrogen and oxygen atoms in total. The number of phenols is 1. The number of anilines is 1. The summed E-state index contributed by atoms with van der Waals surface area (Å²) in [6.45, 7) is 1.30. The number of aromatic amines is 1. The van der Waals surface area contributed by atoms with Crippen molar-refractivity contribution in [2.45, 2.75) is 25.1 Å². The Balaban J connectivity index is 1.32. The van der Waals surface area contributed by atoms with Gasteiger partial charge < -0.3 is 31.2 Å². The molecule has 6 rings (SSSR count). The second-order valence-corrected chi connectivity index (χ2v) is 8.70. The van der Waals surface area contributed by atoms with Gasteiger partial charge in [-0.05, 0) is 48.5 Å². The molecule has 0 amide bonds. The molecular weight excluding hydrogens is 416 g/mol. The molecule has 6 N–H and O–H groups in total. The van der Waals surface area contributed by atoms with Crippen LogP contribution in [0.25, 0.3) is 10.9 Å². The molecule has 1 aromatic heterocycles. The van der Waals surface area contributed by atoms with Crippen LogP contribution in [0, 0.1) is 0 Å². The van der Waals surface area contributed by atoms with Crippen LogP contribution in [-0.4, -0.2) is 28.6 Å².